The van der Waals surface area contributed by atoms with Gasteiger partial charge in [-0.25, -0.2) is 49.9 Å². The van der Waals surface area contributed by atoms with E-state index in [4.69, 9.17) is 39.4 Å². The van der Waals surface area contributed by atoms with Crippen molar-refractivity contribution in [1.29, 1.82) is 0 Å². The molecular weight excluding hydrogens is 1650 g/mol. The van der Waals surface area contributed by atoms with Crippen LogP contribution in [0.15, 0.2) is 167 Å². The molecule has 0 aliphatic rings. The number of alkyl halides is 10. The van der Waals surface area contributed by atoms with E-state index in [2.05, 4.69) is 20.8 Å². The van der Waals surface area contributed by atoms with Crippen LogP contribution in [-0.2, 0) is 62.5 Å². The first-order valence-electron chi connectivity index (χ1n) is 41.0. The van der Waals surface area contributed by atoms with Gasteiger partial charge in [-0.3, -0.25) is 0 Å². The van der Waals surface area contributed by atoms with Gasteiger partial charge in [0.25, 0.3) is 12.9 Å². The van der Waals surface area contributed by atoms with Crippen LogP contribution in [0.4, 0.5) is 57.1 Å². The number of ether oxygens (including phenoxy) is 4. The fraction of sp³-hybridized carbons (Fsp3) is 0.485. The van der Waals surface area contributed by atoms with Crippen LogP contribution in [0.2, 0.25) is 0 Å². The minimum atomic E-state index is -4.55. The summed E-state index contributed by atoms with van der Waals surface area (Å²) in [7, 11) is 0. The van der Waals surface area contributed by atoms with E-state index in [9.17, 15) is 63.1 Å². The van der Waals surface area contributed by atoms with Crippen molar-refractivity contribution < 1.29 is 116 Å². The minimum Gasteiger partial charge on any atom is -0.487 e. The fourth-order valence-electron chi connectivity index (χ4n) is 11.8. The van der Waals surface area contributed by atoms with Gasteiger partial charge in [0.05, 0.1) is 0 Å². The zero-order chi connectivity index (χ0) is 98.3. The highest BCUT2D eigenvalue weighted by atomic mass is 19.4. The molecule has 4 N–H and O–H groups in total. The molecule has 0 aromatic heterocycles. The number of rotatable bonds is 28. The zero-order valence-electron chi connectivity index (χ0n) is 79.3. The molecule has 25 heteroatoms. The van der Waals surface area contributed by atoms with Crippen LogP contribution < -0.4 is 18.9 Å². The van der Waals surface area contributed by atoms with Crippen LogP contribution in [0.1, 0.15) is 295 Å². The Labute approximate surface area is 738 Å². The van der Waals surface area contributed by atoms with E-state index in [-0.39, 0.29) is 66.9 Å². The number of aliphatic carboxylic acids is 4. The molecule has 0 aliphatic carbocycles. The van der Waals surface area contributed by atoms with E-state index in [0.717, 1.165) is 64.6 Å². The molecule has 0 aliphatic heterocycles. The molecule has 12 nitrogen and oxygen atoms in total. The van der Waals surface area contributed by atoms with Gasteiger partial charge < -0.3 is 39.4 Å². The van der Waals surface area contributed by atoms with E-state index in [1.165, 1.54) is 44.2 Å². The van der Waals surface area contributed by atoms with Crippen LogP contribution in [0.5, 0.6) is 23.0 Å². The molecule has 0 radical (unpaired) electrons. The number of halogens is 13. The maximum absolute atomic E-state index is 15.1. The number of hydrogen-bond donors (Lipinski definition) is 4. The second kappa shape index (κ2) is 46.6. The molecule has 0 saturated carbocycles. The number of carboxylic acid groups (broad SMARTS) is 4. The van der Waals surface area contributed by atoms with Crippen molar-refractivity contribution in [2.24, 2.45) is 0 Å². The molecular formula is C101H133F13O12. The quantitative estimate of drug-likeness (QED) is 0.0240. The van der Waals surface area contributed by atoms with Crippen molar-refractivity contribution in [1.82, 2.24) is 0 Å². The molecule has 0 saturated heterocycles. The third-order valence-electron chi connectivity index (χ3n) is 19.6. The first-order valence-corrected chi connectivity index (χ1v) is 41.0. The summed E-state index contributed by atoms with van der Waals surface area (Å²) in [6.45, 7) is 55.6. The first-order chi connectivity index (χ1) is 56.9. The van der Waals surface area contributed by atoms with E-state index in [1.807, 2.05) is 182 Å². The summed E-state index contributed by atoms with van der Waals surface area (Å²) in [5.41, 5.74) is 7.99. The molecule has 0 spiro atoms. The molecule has 4 rings (SSSR count). The molecule has 0 bridgehead atoms. The number of benzene rings is 4. The summed E-state index contributed by atoms with van der Waals surface area (Å²) in [6.07, 6.45) is 2.93. The normalized spacial score (nSPS) is 14.3. The average Bonchev–Trinajstić information content (AvgIpc) is 0.786. The van der Waals surface area contributed by atoms with Gasteiger partial charge in [0, 0.05) is 68.8 Å². The van der Waals surface area contributed by atoms with Crippen molar-refractivity contribution in [2.75, 3.05) is 26.4 Å². The molecule has 4 aromatic carbocycles. The van der Waals surface area contributed by atoms with Crippen molar-refractivity contribution in [3.8, 4) is 23.0 Å². The van der Waals surface area contributed by atoms with Crippen molar-refractivity contribution in [3.63, 3.8) is 0 Å². The van der Waals surface area contributed by atoms with Crippen molar-refractivity contribution in [3.05, 3.63) is 234 Å². The lowest BCUT2D eigenvalue weighted by Gasteiger charge is -2.31. The van der Waals surface area contributed by atoms with E-state index in [1.54, 1.807) is 71.9 Å². The van der Waals surface area contributed by atoms with Gasteiger partial charge in [-0.1, -0.05) is 227 Å². The van der Waals surface area contributed by atoms with Crippen LogP contribution in [0.3, 0.4) is 0 Å². The zero-order valence-corrected chi connectivity index (χ0v) is 79.3. The third kappa shape index (κ3) is 39.4. The van der Waals surface area contributed by atoms with Gasteiger partial charge in [0.15, 0.2) is 13.2 Å². The van der Waals surface area contributed by atoms with Gasteiger partial charge in [-0.15, -0.1) is 0 Å². The average molecular weight is 1790 g/mol. The Bertz CT molecular complexity index is 4850. The summed E-state index contributed by atoms with van der Waals surface area (Å²) in [5.74, 6) is -5.68. The predicted octanol–water partition coefficient (Wildman–Crippen LogP) is 29.5. The first kappa shape index (κ1) is 114. The van der Waals surface area contributed by atoms with Crippen LogP contribution in [-0.4, -0.2) is 95.9 Å². The minimum absolute atomic E-state index is 0.0123. The number of allylic oxidation sites excluding steroid dienone is 20. The summed E-state index contributed by atoms with van der Waals surface area (Å²) in [4.78, 5) is 43.0. The Hall–Kier alpha value is -10.1. The lowest BCUT2D eigenvalue weighted by molar-refractivity contribution is -0.154. The van der Waals surface area contributed by atoms with E-state index < -0.39 is 115 Å². The van der Waals surface area contributed by atoms with E-state index >= 15 is 13.2 Å². The van der Waals surface area contributed by atoms with Crippen LogP contribution in [0, 0.1) is 0 Å². The van der Waals surface area contributed by atoms with Gasteiger partial charge in [0.1, 0.15) is 53.7 Å². The lowest BCUT2D eigenvalue weighted by atomic mass is 9.76. The highest BCUT2D eigenvalue weighted by molar-refractivity contribution is 5.84. The summed E-state index contributed by atoms with van der Waals surface area (Å²) < 4.78 is 196. The molecule has 4 aromatic rings. The second-order valence-electron chi connectivity index (χ2n) is 38.8. The highest BCUT2D eigenvalue weighted by Crippen LogP contribution is 2.48. The summed E-state index contributed by atoms with van der Waals surface area (Å²) >= 11 is 0. The Morgan fingerprint density at radius 3 is 0.794 bits per heavy atom. The SMILES string of the molecule is C/C(=C/C=C/C(C)=C/C(=O)O)c1cc(C(C)(C)C)cc(C(C)(C)C)c1OCC(F)(F)F.CC(/C=C/C(F)=C(/C)c1cc(C(C)(C)C)cc(C(C)(C)C)c1OCC(F)(F)F)=C\C(=O)O.CC(/C=C/C(F)=C(/C)c1cc(C(C)(C)C)cc(C(C)(C)C)c1OCC(F)F)=C\C(=O)O.CCC(C)(C)c1cc(\C(C)=C(F)/C=C/C(C)=C/C(=O)O)c(OCC(F)F)c(C(C)(C)C)c1. The Kier molecular flexibility index (Phi) is 42.1. The smallest absolute Gasteiger partial charge is 0.422 e. The van der Waals surface area contributed by atoms with Crippen LogP contribution in [0.25, 0.3) is 22.3 Å². The Morgan fingerprint density at radius 2 is 0.563 bits per heavy atom. The van der Waals surface area contributed by atoms with E-state index in [0.29, 0.717) is 61.2 Å². The van der Waals surface area contributed by atoms with Gasteiger partial charge in [0.2, 0.25) is 0 Å². The standard InChI is InChI=1S/C26H35F3O3.C25H32F4O3.2C25H33F3O3/c1-9-26(7,8)18-13-19(17(3)21(27)11-10-16(2)12-23(30)31)24(32-15-22(28)29)20(14-18)25(4,5)6;1-15(11-21(30)31)9-10-20(26)16(2)18-12-17(23(3,4)5)13-19(24(6,7)8)22(18)32-14-25(27,28)29;1-15(11-22(29)30)9-10-20(26)16(2)18-12-17(24(3,4)5)13-19(25(6,7)8)23(18)31-14-21(27)28;1-16(12-21(29)30)10-9-11-17(2)19-13-18(23(3,4)5)14-20(24(6,7)8)22(19)31-15-25(26,27)28/h10-14,22H,9,15H2,1-8H3,(H,30,31);9-13H,14H2,1-8H3,(H,30,31);9-13,21H,14H2,1-8H3,(H,29,30);9-14H,15H2,1-8H3,(H,29,30)/b11-10+,16-12+,21-17+;2*10-9+,15-11+,20-16+;10-9+,16-12+,17-11-. The number of hydrogen-bond acceptors (Lipinski definition) is 8. The molecule has 0 amide bonds. The predicted molar refractivity (Wildman–Crippen MR) is 483 cm³/mol. The third-order valence-corrected chi connectivity index (χ3v) is 19.6. The fourth-order valence-corrected chi connectivity index (χ4v) is 11.8. The highest BCUT2D eigenvalue weighted by Gasteiger charge is 2.37. The summed E-state index contributed by atoms with van der Waals surface area (Å²) in [6, 6.07) is 14.8. The second-order valence-corrected chi connectivity index (χ2v) is 38.8. The van der Waals surface area contributed by atoms with Crippen molar-refractivity contribution in [2.45, 2.75) is 297 Å². The van der Waals surface area contributed by atoms with Crippen molar-refractivity contribution >= 4 is 46.2 Å². The molecule has 0 heterocycles. The molecule has 0 unspecified atom stereocenters. The Morgan fingerprint density at radius 1 is 0.333 bits per heavy atom. The topological polar surface area (TPSA) is 186 Å². The van der Waals surface area contributed by atoms with Gasteiger partial charge in [-0.2, -0.15) is 26.3 Å². The van der Waals surface area contributed by atoms with Gasteiger partial charge >= 0.3 is 36.2 Å². The Balaban J connectivity index is 0.000000840. The summed E-state index contributed by atoms with van der Waals surface area (Å²) in [5, 5.41) is 35.2. The maximum atomic E-state index is 15.1. The van der Waals surface area contributed by atoms with Gasteiger partial charge in [-0.05, 0) is 214 Å². The number of carbonyl (C=O) groups is 4. The lowest BCUT2D eigenvalue weighted by Crippen LogP contribution is -2.23. The van der Waals surface area contributed by atoms with Crippen LogP contribution >= 0.6 is 0 Å². The maximum Gasteiger partial charge on any atom is 0.422 e. The molecule has 126 heavy (non-hydrogen) atoms. The number of carboxylic acids is 4. The monoisotopic (exact) mass is 1780 g/mol. The molecule has 0 atom stereocenters. The largest absolute Gasteiger partial charge is 0.487 e. The molecule has 700 valence electrons. The molecule has 0 fully saturated rings.